The summed E-state index contributed by atoms with van der Waals surface area (Å²) in [6, 6.07) is 20.6. The van der Waals surface area contributed by atoms with Gasteiger partial charge in [-0.15, -0.1) is 0 Å². The smallest absolute Gasteiger partial charge is 0.331 e. The van der Waals surface area contributed by atoms with Crippen molar-refractivity contribution in [1.29, 1.82) is 0 Å². The molecule has 0 aliphatic heterocycles. The SMILES string of the molecule is COc1ccc2cc(/C=C/C(=O)O[C@@H](C(=O)N(C)C)c3ccccc3)ccc2c1. The Bertz CT molecular complexity index is 1040. The zero-order valence-corrected chi connectivity index (χ0v) is 16.7. The maximum absolute atomic E-state index is 12.5. The van der Waals surface area contributed by atoms with E-state index < -0.39 is 12.1 Å². The van der Waals surface area contributed by atoms with E-state index in [1.165, 1.54) is 11.0 Å². The van der Waals surface area contributed by atoms with Crippen molar-refractivity contribution >= 4 is 28.7 Å². The average molecular weight is 389 g/mol. The largest absolute Gasteiger partial charge is 0.497 e. The minimum Gasteiger partial charge on any atom is -0.497 e. The first-order valence-corrected chi connectivity index (χ1v) is 9.20. The van der Waals surface area contributed by atoms with E-state index in [4.69, 9.17) is 9.47 Å². The van der Waals surface area contributed by atoms with Gasteiger partial charge in [0.1, 0.15) is 5.75 Å². The van der Waals surface area contributed by atoms with Gasteiger partial charge in [-0.2, -0.15) is 0 Å². The molecule has 0 bridgehead atoms. The van der Waals surface area contributed by atoms with Crippen molar-refractivity contribution in [3.63, 3.8) is 0 Å². The van der Waals surface area contributed by atoms with Gasteiger partial charge in [-0.1, -0.05) is 48.5 Å². The maximum Gasteiger partial charge on any atom is 0.331 e. The number of methoxy groups -OCH3 is 1. The van der Waals surface area contributed by atoms with E-state index in [1.54, 1.807) is 51.5 Å². The molecule has 5 heteroatoms. The van der Waals surface area contributed by atoms with Gasteiger partial charge in [0.25, 0.3) is 5.91 Å². The molecule has 0 aromatic heterocycles. The molecular formula is C24H23NO4. The van der Waals surface area contributed by atoms with Crippen LogP contribution in [0.1, 0.15) is 17.2 Å². The number of esters is 1. The van der Waals surface area contributed by atoms with Crippen molar-refractivity contribution in [3.8, 4) is 5.75 Å². The molecule has 0 spiro atoms. The number of carbonyl (C=O) groups is 2. The van der Waals surface area contributed by atoms with Crippen molar-refractivity contribution in [3.05, 3.63) is 83.9 Å². The molecule has 0 heterocycles. The van der Waals surface area contributed by atoms with Crippen molar-refractivity contribution < 1.29 is 19.1 Å². The molecule has 1 amide bonds. The van der Waals surface area contributed by atoms with Gasteiger partial charge in [0.15, 0.2) is 0 Å². The molecule has 0 radical (unpaired) electrons. The highest BCUT2D eigenvalue weighted by Crippen LogP contribution is 2.23. The van der Waals surface area contributed by atoms with Crippen LogP contribution in [0.4, 0.5) is 0 Å². The Kier molecular flexibility index (Phi) is 6.29. The summed E-state index contributed by atoms with van der Waals surface area (Å²) in [6.07, 6.45) is 2.03. The number of carbonyl (C=O) groups excluding carboxylic acids is 2. The summed E-state index contributed by atoms with van der Waals surface area (Å²) in [5.74, 6) is -0.0802. The molecule has 3 aromatic carbocycles. The van der Waals surface area contributed by atoms with Gasteiger partial charge in [0, 0.05) is 25.7 Å². The lowest BCUT2D eigenvalue weighted by molar-refractivity contribution is -0.155. The zero-order chi connectivity index (χ0) is 20.8. The summed E-state index contributed by atoms with van der Waals surface area (Å²) in [5.41, 5.74) is 1.49. The Balaban J connectivity index is 1.76. The van der Waals surface area contributed by atoms with E-state index in [0.717, 1.165) is 22.1 Å². The van der Waals surface area contributed by atoms with Crippen LogP contribution in [0.25, 0.3) is 16.8 Å². The topological polar surface area (TPSA) is 55.8 Å². The Morgan fingerprint density at radius 3 is 2.31 bits per heavy atom. The number of likely N-dealkylation sites (N-methyl/N-ethyl adjacent to an activating group) is 1. The first-order chi connectivity index (χ1) is 14.0. The monoisotopic (exact) mass is 389 g/mol. The van der Waals surface area contributed by atoms with Crippen LogP contribution in [-0.4, -0.2) is 38.0 Å². The van der Waals surface area contributed by atoms with E-state index in [-0.39, 0.29) is 5.91 Å². The van der Waals surface area contributed by atoms with E-state index in [2.05, 4.69) is 0 Å². The highest BCUT2D eigenvalue weighted by Gasteiger charge is 2.25. The number of ether oxygens (including phenoxy) is 2. The van der Waals surface area contributed by atoms with Crippen LogP contribution in [-0.2, 0) is 14.3 Å². The third kappa shape index (κ3) is 5.02. The van der Waals surface area contributed by atoms with Crippen molar-refractivity contribution in [2.75, 3.05) is 21.2 Å². The second kappa shape index (κ2) is 9.06. The minimum absolute atomic E-state index is 0.294. The highest BCUT2D eigenvalue weighted by atomic mass is 16.5. The number of rotatable bonds is 6. The first-order valence-electron chi connectivity index (χ1n) is 9.20. The molecule has 0 N–H and O–H groups in total. The maximum atomic E-state index is 12.5. The van der Waals surface area contributed by atoms with Crippen molar-refractivity contribution in [2.24, 2.45) is 0 Å². The molecular weight excluding hydrogens is 366 g/mol. The molecule has 0 aliphatic carbocycles. The van der Waals surface area contributed by atoms with E-state index >= 15 is 0 Å². The summed E-state index contributed by atoms with van der Waals surface area (Å²) >= 11 is 0. The Morgan fingerprint density at radius 2 is 1.62 bits per heavy atom. The van der Waals surface area contributed by atoms with E-state index in [0.29, 0.717) is 5.56 Å². The molecule has 148 valence electrons. The molecule has 0 fully saturated rings. The van der Waals surface area contributed by atoms with E-state index in [9.17, 15) is 9.59 Å². The summed E-state index contributed by atoms with van der Waals surface area (Å²) in [7, 11) is 4.89. The fourth-order valence-electron chi connectivity index (χ4n) is 2.92. The molecule has 3 aromatic rings. The average Bonchev–Trinajstić information content (AvgIpc) is 2.75. The van der Waals surface area contributed by atoms with Crippen LogP contribution in [0.15, 0.2) is 72.8 Å². The zero-order valence-electron chi connectivity index (χ0n) is 16.7. The standard InChI is InChI=1S/C24H23NO4/c1-25(2)24(27)23(18-7-5-4-6-8-18)29-22(26)14-10-17-9-11-20-16-21(28-3)13-12-19(20)15-17/h4-16,23H,1-3H3/b14-10+/t23-/m1/s1. The number of amides is 1. The van der Waals surface area contributed by atoms with Crippen LogP contribution in [0.5, 0.6) is 5.75 Å². The van der Waals surface area contributed by atoms with Gasteiger partial charge in [-0.05, 0) is 40.6 Å². The fourth-order valence-corrected chi connectivity index (χ4v) is 2.92. The molecule has 3 rings (SSSR count). The third-order valence-corrected chi connectivity index (χ3v) is 4.48. The molecule has 1 atom stereocenters. The quantitative estimate of drug-likeness (QED) is 0.468. The third-order valence-electron chi connectivity index (χ3n) is 4.48. The molecule has 5 nitrogen and oxygen atoms in total. The summed E-state index contributed by atoms with van der Waals surface area (Å²) in [4.78, 5) is 26.3. The molecule has 0 saturated carbocycles. The van der Waals surface area contributed by atoms with Gasteiger partial charge in [-0.3, -0.25) is 4.79 Å². The molecule has 0 unspecified atom stereocenters. The van der Waals surface area contributed by atoms with Gasteiger partial charge in [0.05, 0.1) is 7.11 Å². The lowest BCUT2D eigenvalue weighted by atomic mass is 10.1. The van der Waals surface area contributed by atoms with Gasteiger partial charge >= 0.3 is 5.97 Å². The lowest BCUT2D eigenvalue weighted by Gasteiger charge is -2.20. The number of nitrogens with zero attached hydrogens (tertiary/aromatic N) is 1. The highest BCUT2D eigenvalue weighted by molar-refractivity contribution is 5.92. The van der Waals surface area contributed by atoms with Crippen LogP contribution < -0.4 is 4.74 Å². The Morgan fingerprint density at radius 1 is 0.931 bits per heavy atom. The lowest BCUT2D eigenvalue weighted by Crippen LogP contribution is -2.30. The summed E-state index contributed by atoms with van der Waals surface area (Å²) in [5, 5.41) is 2.08. The molecule has 29 heavy (non-hydrogen) atoms. The van der Waals surface area contributed by atoms with Gasteiger partial charge in [-0.25, -0.2) is 4.79 Å². The summed E-state index contributed by atoms with van der Waals surface area (Å²) < 4.78 is 10.7. The van der Waals surface area contributed by atoms with Crippen LogP contribution in [0.2, 0.25) is 0 Å². The molecule has 0 aliphatic rings. The number of fused-ring (bicyclic) bond motifs is 1. The van der Waals surface area contributed by atoms with Gasteiger partial charge < -0.3 is 14.4 Å². The minimum atomic E-state index is -0.979. The predicted molar refractivity (Wildman–Crippen MR) is 114 cm³/mol. The van der Waals surface area contributed by atoms with Crippen LogP contribution in [0.3, 0.4) is 0 Å². The number of benzene rings is 3. The Labute approximate surface area is 170 Å². The van der Waals surface area contributed by atoms with Crippen molar-refractivity contribution in [2.45, 2.75) is 6.10 Å². The van der Waals surface area contributed by atoms with Crippen LogP contribution >= 0.6 is 0 Å². The second-order valence-corrected chi connectivity index (χ2v) is 6.77. The molecule has 0 saturated heterocycles. The van der Waals surface area contributed by atoms with E-state index in [1.807, 2.05) is 42.5 Å². The van der Waals surface area contributed by atoms with Gasteiger partial charge in [0.2, 0.25) is 6.10 Å². The first kappa shape index (κ1) is 20.1. The number of hydrogen-bond acceptors (Lipinski definition) is 4. The number of hydrogen-bond donors (Lipinski definition) is 0. The second-order valence-electron chi connectivity index (χ2n) is 6.77. The van der Waals surface area contributed by atoms with Crippen LogP contribution in [0, 0.1) is 0 Å². The predicted octanol–water partition coefficient (Wildman–Crippen LogP) is 4.23. The Hall–Kier alpha value is -3.60. The fraction of sp³-hybridized carbons (Fsp3) is 0.167. The normalized spacial score (nSPS) is 12.0. The summed E-state index contributed by atoms with van der Waals surface area (Å²) in [6.45, 7) is 0. The van der Waals surface area contributed by atoms with Crippen molar-refractivity contribution in [1.82, 2.24) is 4.90 Å².